The summed E-state index contributed by atoms with van der Waals surface area (Å²) in [7, 11) is 1.66. The Morgan fingerprint density at radius 3 is 2.52 bits per heavy atom. The van der Waals surface area contributed by atoms with Crippen LogP contribution in [0.1, 0.15) is 18.4 Å². The zero-order valence-corrected chi connectivity index (χ0v) is 14.5. The molecule has 0 saturated carbocycles. The van der Waals surface area contributed by atoms with Crippen LogP contribution in [0.3, 0.4) is 0 Å². The summed E-state index contributed by atoms with van der Waals surface area (Å²) >= 11 is 0. The molecular weight excluding hydrogens is 316 g/mol. The zero-order chi connectivity index (χ0) is 17.5. The van der Waals surface area contributed by atoms with E-state index in [0.717, 1.165) is 44.0 Å². The minimum Gasteiger partial charge on any atom is -0.497 e. The Labute approximate surface area is 148 Å². The van der Waals surface area contributed by atoms with Gasteiger partial charge in [0.1, 0.15) is 5.75 Å². The van der Waals surface area contributed by atoms with Crippen LogP contribution >= 0.6 is 0 Å². The first-order chi connectivity index (χ1) is 12.3. The predicted octanol–water partition coefficient (Wildman–Crippen LogP) is 2.06. The number of aromatic nitrogens is 2. The third-order valence-electron chi connectivity index (χ3n) is 4.57. The number of rotatable bonds is 6. The largest absolute Gasteiger partial charge is 0.497 e. The molecule has 6 heteroatoms. The summed E-state index contributed by atoms with van der Waals surface area (Å²) in [5.74, 6) is 1.83. The van der Waals surface area contributed by atoms with Crippen LogP contribution in [-0.4, -0.2) is 42.6 Å². The van der Waals surface area contributed by atoms with Gasteiger partial charge in [-0.1, -0.05) is 12.1 Å². The summed E-state index contributed by atoms with van der Waals surface area (Å²) in [4.78, 5) is 23.0. The quantitative estimate of drug-likeness (QED) is 0.872. The molecule has 1 aromatic heterocycles. The molecule has 1 aromatic carbocycles. The molecule has 132 valence electrons. The van der Waals surface area contributed by atoms with E-state index in [0.29, 0.717) is 6.54 Å². The number of benzene rings is 1. The first-order valence-corrected chi connectivity index (χ1v) is 8.69. The first-order valence-electron chi connectivity index (χ1n) is 8.69. The molecule has 1 aliphatic heterocycles. The zero-order valence-electron chi connectivity index (χ0n) is 14.5. The van der Waals surface area contributed by atoms with E-state index in [-0.39, 0.29) is 11.8 Å². The number of nitrogens with one attached hydrogen (secondary N) is 1. The lowest BCUT2D eigenvalue weighted by Gasteiger charge is -2.31. The second kappa shape index (κ2) is 8.46. The topological polar surface area (TPSA) is 67.3 Å². The third kappa shape index (κ3) is 4.68. The molecule has 0 bridgehead atoms. The van der Waals surface area contributed by atoms with Gasteiger partial charge in [-0.15, -0.1) is 0 Å². The Hall–Kier alpha value is -2.63. The van der Waals surface area contributed by atoms with Gasteiger partial charge >= 0.3 is 0 Å². The van der Waals surface area contributed by atoms with E-state index in [1.54, 1.807) is 19.5 Å². The third-order valence-corrected chi connectivity index (χ3v) is 4.57. The van der Waals surface area contributed by atoms with Crippen LogP contribution in [0.4, 0.5) is 5.95 Å². The second-order valence-corrected chi connectivity index (χ2v) is 6.20. The molecule has 1 saturated heterocycles. The molecule has 0 spiro atoms. The van der Waals surface area contributed by atoms with Crippen LogP contribution in [-0.2, 0) is 11.2 Å². The minimum atomic E-state index is 0.0795. The van der Waals surface area contributed by atoms with Crippen LogP contribution in [0.25, 0.3) is 0 Å². The van der Waals surface area contributed by atoms with E-state index in [1.165, 1.54) is 5.56 Å². The monoisotopic (exact) mass is 340 g/mol. The molecule has 2 heterocycles. The average Bonchev–Trinajstić information content (AvgIpc) is 2.69. The molecule has 25 heavy (non-hydrogen) atoms. The van der Waals surface area contributed by atoms with Crippen molar-refractivity contribution in [2.75, 3.05) is 31.6 Å². The van der Waals surface area contributed by atoms with Gasteiger partial charge in [-0.05, 0) is 43.0 Å². The van der Waals surface area contributed by atoms with Crippen LogP contribution in [0.5, 0.6) is 5.75 Å². The SMILES string of the molecule is COc1ccc(CCNC(=O)C2CCN(c3ncccn3)CC2)cc1. The molecule has 1 fully saturated rings. The molecule has 1 amide bonds. The summed E-state index contributed by atoms with van der Waals surface area (Å²) in [6.07, 6.45) is 6.01. The van der Waals surface area contributed by atoms with Crippen LogP contribution in [0.2, 0.25) is 0 Å². The number of hydrogen-bond donors (Lipinski definition) is 1. The van der Waals surface area contributed by atoms with Gasteiger partial charge in [-0.2, -0.15) is 0 Å². The standard InChI is InChI=1S/C19H24N4O2/c1-25-17-5-3-15(4-6-17)7-12-20-18(24)16-8-13-23(14-9-16)19-21-10-2-11-22-19/h2-6,10-11,16H,7-9,12-14H2,1H3,(H,20,24). The van der Waals surface area contributed by atoms with Crippen molar-refractivity contribution in [2.45, 2.75) is 19.3 Å². The fraction of sp³-hybridized carbons (Fsp3) is 0.421. The summed E-state index contributed by atoms with van der Waals surface area (Å²) in [6, 6.07) is 9.76. The van der Waals surface area contributed by atoms with E-state index in [4.69, 9.17) is 4.74 Å². The first kappa shape index (κ1) is 17.2. The van der Waals surface area contributed by atoms with E-state index < -0.39 is 0 Å². The lowest BCUT2D eigenvalue weighted by Crippen LogP contribution is -2.41. The van der Waals surface area contributed by atoms with Gasteiger partial charge in [-0.25, -0.2) is 9.97 Å². The molecule has 6 nitrogen and oxygen atoms in total. The Morgan fingerprint density at radius 2 is 1.88 bits per heavy atom. The van der Waals surface area contributed by atoms with Crippen molar-refractivity contribution >= 4 is 11.9 Å². The highest BCUT2D eigenvalue weighted by atomic mass is 16.5. The molecule has 0 unspecified atom stereocenters. The van der Waals surface area contributed by atoms with Crippen molar-refractivity contribution in [1.82, 2.24) is 15.3 Å². The van der Waals surface area contributed by atoms with Gasteiger partial charge < -0.3 is 15.0 Å². The van der Waals surface area contributed by atoms with E-state index in [2.05, 4.69) is 20.2 Å². The van der Waals surface area contributed by atoms with Crippen molar-refractivity contribution in [3.8, 4) is 5.75 Å². The Kier molecular flexibility index (Phi) is 5.82. The molecule has 0 atom stereocenters. The van der Waals surface area contributed by atoms with Crippen molar-refractivity contribution in [3.05, 3.63) is 48.3 Å². The fourth-order valence-corrected chi connectivity index (χ4v) is 3.06. The average molecular weight is 340 g/mol. The highest BCUT2D eigenvalue weighted by Gasteiger charge is 2.25. The Balaban J connectivity index is 1.40. The molecule has 1 N–H and O–H groups in total. The number of carbonyl (C=O) groups is 1. The van der Waals surface area contributed by atoms with Gasteiger partial charge in [0.25, 0.3) is 0 Å². The van der Waals surface area contributed by atoms with Crippen LogP contribution in [0.15, 0.2) is 42.7 Å². The molecule has 0 aliphatic carbocycles. The number of amides is 1. The Morgan fingerprint density at radius 1 is 1.20 bits per heavy atom. The maximum absolute atomic E-state index is 12.4. The van der Waals surface area contributed by atoms with Gasteiger partial charge in [0.05, 0.1) is 7.11 Å². The van der Waals surface area contributed by atoms with Crippen molar-refractivity contribution in [1.29, 1.82) is 0 Å². The smallest absolute Gasteiger partial charge is 0.225 e. The number of carbonyl (C=O) groups excluding carboxylic acids is 1. The highest BCUT2D eigenvalue weighted by molar-refractivity contribution is 5.78. The summed E-state index contributed by atoms with van der Waals surface area (Å²) in [6.45, 7) is 2.30. The molecule has 0 radical (unpaired) electrons. The number of piperidine rings is 1. The number of hydrogen-bond acceptors (Lipinski definition) is 5. The van der Waals surface area contributed by atoms with Crippen molar-refractivity contribution < 1.29 is 9.53 Å². The van der Waals surface area contributed by atoms with Crippen LogP contribution in [0, 0.1) is 5.92 Å². The van der Waals surface area contributed by atoms with Gasteiger partial charge in [0.2, 0.25) is 11.9 Å². The van der Waals surface area contributed by atoms with Crippen molar-refractivity contribution in [2.24, 2.45) is 5.92 Å². The highest BCUT2D eigenvalue weighted by Crippen LogP contribution is 2.20. The molecular formula is C19H24N4O2. The van der Waals surface area contributed by atoms with E-state index in [9.17, 15) is 4.79 Å². The summed E-state index contributed by atoms with van der Waals surface area (Å²) < 4.78 is 5.15. The summed E-state index contributed by atoms with van der Waals surface area (Å²) in [5, 5.41) is 3.06. The van der Waals surface area contributed by atoms with Gasteiger partial charge in [-0.3, -0.25) is 4.79 Å². The fourth-order valence-electron chi connectivity index (χ4n) is 3.06. The maximum atomic E-state index is 12.4. The van der Waals surface area contributed by atoms with Crippen molar-refractivity contribution in [3.63, 3.8) is 0 Å². The maximum Gasteiger partial charge on any atom is 0.225 e. The number of anilines is 1. The molecule has 3 rings (SSSR count). The van der Waals surface area contributed by atoms with E-state index >= 15 is 0 Å². The predicted molar refractivity (Wildman–Crippen MR) is 96.7 cm³/mol. The molecule has 1 aliphatic rings. The lowest BCUT2D eigenvalue weighted by atomic mass is 9.96. The van der Waals surface area contributed by atoms with Crippen LogP contribution < -0.4 is 15.0 Å². The normalized spacial score (nSPS) is 15.0. The van der Waals surface area contributed by atoms with Gasteiger partial charge in [0.15, 0.2) is 0 Å². The number of ether oxygens (including phenoxy) is 1. The summed E-state index contributed by atoms with van der Waals surface area (Å²) in [5.41, 5.74) is 1.19. The second-order valence-electron chi connectivity index (χ2n) is 6.20. The number of methoxy groups -OCH3 is 1. The minimum absolute atomic E-state index is 0.0795. The lowest BCUT2D eigenvalue weighted by molar-refractivity contribution is -0.125. The number of nitrogens with zero attached hydrogens (tertiary/aromatic N) is 3. The molecule has 2 aromatic rings. The van der Waals surface area contributed by atoms with Gasteiger partial charge in [0, 0.05) is 37.9 Å². The Bertz CT molecular complexity index is 668. The van der Waals surface area contributed by atoms with E-state index in [1.807, 2.05) is 30.3 Å².